The van der Waals surface area contributed by atoms with E-state index < -0.39 is 35.0 Å². The van der Waals surface area contributed by atoms with E-state index in [0.717, 1.165) is 0 Å². The minimum Gasteiger partial charge on any atom is -0.364 e. The van der Waals surface area contributed by atoms with Crippen molar-refractivity contribution < 1.29 is 18.0 Å². The number of halogens is 3. The van der Waals surface area contributed by atoms with Crippen molar-refractivity contribution in [3.8, 4) is 0 Å². The van der Waals surface area contributed by atoms with Crippen LogP contribution in [-0.2, 0) is 0 Å². The molecule has 1 aromatic heterocycles. The maximum absolute atomic E-state index is 12.8. The molecule has 4 nitrogen and oxygen atoms in total. The quantitative estimate of drug-likeness (QED) is 0.693. The fourth-order valence-electron chi connectivity index (χ4n) is 0.875. The van der Waals surface area contributed by atoms with Crippen LogP contribution in [0.15, 0.2) is 10.9 Å². The fraction of sp³-hybridized carbons (Fsp3) is 0.143. The number of carbonyl (C=O) groups is 1. The Labute approximate surface area is 75.5 Å². The number of nitrogens with one attached hydrogen (secondary N) is 1. The monoisotopic (exact) mass is 206 g/mol. The summed E-state index contributed by atoms with van der Waals surface area (Å²) in [7, 11) is 0. The van der Waals surface area contributed by atoms with E-state index in [4.69, 9.17) is 5.73 Å². The van der Waals surface area contributed by atoms with E-state index >= 15 is 0 Å². The highest BCUT2D eigenvalue weighted by molar-refractivity contribution is 5.90. The molecule has 0 atom stereocenters. The van der Waals surface area contributed by atoms with Crippen molar-refractivity contribution in [3.05, 3.63) is 33.5 Å². The molecule has 0 unspecified atom stereocenters. The van der Waals surface area contributed by atoms with Gasteiger partial charge in [0.15, 0.2) is 5.43 Å². The highest BCUT2D eigenvalue weighted by Gasteiger charge is 2.19. The van der Waals surface area contributed by atoms with E-state index in [1.165, 1.54) is 0 Å². The number of H-pyrrole nitrogens is 1. The highest BCUT2D eigenvalue weighted by atomic mass is 19.3. The van der Waals surface area contributed by atoms with Crippen LogP contribution in [0.5, 0.6) is 0 Å². The second kappa shape index (κ2) is 3.52. The molecular weight excluding hydrogens is 201 g/mol. The topological polar surface area (TPSA) is 76.0 Å². The number of hydrogen-bond acceptors (Lipinski definition) is 2. The number of aromatic amines is 1. The Morgan fingerprint density at radius 2 is 2.07 bits per heavy atom. The first kappa shape index (κ1) is 10.3. The van der Waals surface area contributed by atoms with E-state index in [2.05, 4.69) is 0 Å². The van der Waals surface area contributed by atoms with Gasteiger partial charge in [0.05, 0.1) is 0 Å². The molecule has 0 aliphatic carbocycles. The summed E-state index contributed by atoms with van der Waals surface area (Å²) in [5, 5.41) is 0. The molecule has 1 amide bonds. The van der Waals surface area contributed by atoms with Gasteiger partial charge >= 0.3 is 0 Å². The number of carbonyl (C=O) groups excluding carboxylic acids is 1. The lowest BCUT2D eigenvalue weighted by molar-refractivity contribution is 0.0992. The first-order valence-corrected chi connectivity index (χ1v) is 3.44. The minimum absolute atomic E-state index is 0.535. The highest BCUT2D eigenvalue weighted by Crippen LogP contribution is 2.16. The Morgan fingerprint density at radius 1 is 1.50 bits per heavy atom. The molecule has 0 saturated carbocycles. The van der Waals surface area contributed by atoms with Gasteiger partial charge in [-0.1, -0.05) is 0 Å². The van der Waals surface area contributed by atoms with E-state index in [9.17, 15) is 22.8 Å². The van der Waals surface area contributed by atoms with Crippen LogP contribution in [0.25, 0.3) is 0 Å². The lowest BCUT2D eigenvalue weighted by Crippen LogP contribution is -2.21. The molecule has 7 heteroatoms. The Hall–Kier alpha value is -1.79. The Balaban J connectivity index is 3.40. The number of alkyl halides is 2. The Morgan fingerprint density at radius 3 is 2.43 bits per heavy atom. The molecule has 0 spiro atoms. The fourth-order valence-corrected chi connectivity index (χ4v) is 0.875. The third-order valence-electron chi connectivity index (χ3n) is 1.51. The largest absolute Gasteiger partial charge is 0.364 e. The Bertz CT molecular complexity index is 427. The van der Waals surface area contributed by atoms with Gasteiger partial charge < -0.3 is 10.7 Å². The molecule has 1 aromatic rings. The van der Waals surface area contributed by atoms with Gasteiger partial charge in [0.25, 0.3) is 12.3 Å². The first-order chi connectivity index (χ1) is 6.43. The van der Waals surface area contributed by atoms with Gasteiger partial charge in [0, 0.05) is 6.07 Å². The average Bonchev–Trinajstić information content (AvgIpc) is 2.01. The number of aromatic nitrogens is 1. The van der Waals surface area contributed by atoms with Gasteiger partial charge in [-0.05, 0) is 0 Å². The van der Waals surface area contributed by atoms with E-state index in [1.807, 2.05) is 0 Å². The van der Waals surface area contributed by atoms with Crippen molar-refractivity contribution in [1.82, 2.24) is 4.98 Å². The molecule has 0 aromatic carbocycles. The maximum Gasteiger partial charge on any atom is 0.271 e. The van der Waals surface area contributed by atoms with Gasteiger partial charge in [0.1, 0.15) is 11.3 Å². The third-order valence-corrected chi connectivity index (χ3v) is 1.51. The summed E-state index contributed by atoms with van der Waals surface area (Å²) >= 11 is 0. The smallest absolute Gasteiger partial charge is 0.271 e. The summed E-state index contributed by atoms with van der Waals surface area (Å²) in [6, 6.07) is 0.535. The van der Waals surface area contributed by atoms with Crippen LogP contribution in [0.4, 0.5) is 13.2 Å². The van der Waals surface area contributed by atoms with E-state index in [0.29, 0.717) is 6.07 Å². The molecule has 14 heavy (non-hydrogen) atoms. The molecule has 0 fully saturated rings. The van der Waals surface area contributed by atoms with Crippen LogP contribution in [-0.4, -0.2) is 10.9 Å². The zero-order valence-electron chi connectivity index (χ0n) is 6.68. The molecule has 0 radical (unpaired) electrons. The minimum atomic E-state index is -3.24. The first-order valence-electron chi connectivity index (χ1n) is 3.44. The molecule has 1 heterocycles. The number of hydrogen-bond donors (Lipinski definition) is 2. The second-order valence-corrected chi connectivity index (χ2v) is 2.44. The maximum atomic E-state index is 12.8. The van der Waals surface area contributed by atoms with Crippen LogP contribution in [0.3, 0.4) is 0 Å². The van der Waals surface area contributed by atoms with Crippen LogP contribution in [0, 0.1) is 5.95 Å². The summed E-state index contributed by atoms with van der Waals surface area (Å²) in [4.78, 5) is 23.0. The molecular formula is C7H5F3N2O2. The molecule has 76 valence electrons. The summed E-state index contributed by atoms with van der Waals surface area (Å²) in [5.41, 5.74) is 1.61. The van der Waals surface area contributed by atoms with Crippen LogP contribution < -0.4 is 11.2 Å². The van der Waals surface area contributed by atoms with Gasteiger partial charge in [0.2, 0.25) is 5.95 Å². The second-order valence-electron chi connectivity index (χ2n) is 2.44. The summed E-state index contributed by atoms with van der Waals surface area (Å²) in [5.74, 6) is -2.64. The molecule has 0 aliphatic rings. The van der Waals surface area contributed by atoms with Gasteiger partial charge in [-0.25, -0.2) is 8.78 Å². The molecule has 0 saturated heterocycles. The van der Waals surface area contributed by atoms with Crippen LogP contribution in [0.1, 0.15) is 22.5 Å². The predicted molar refractivity (Wildman–Crippen MR) is 40.5 cm³/mol. The van der Waals surface area contributed by atoms with Gasteiger partial charge in [-0.3, -0.25) is 9.59 Å². The lowest BCUT2D eigenvalue weighted by atomic mass is 10.2. The van der Waals surface area contributed by atoms with Crippen molar-refractivity contribution in [3.63, 3.8) is 0 Å². The van der Waals surface area contributed by atoms with Crippen molar-refractivity contribution in [2.45, 2.75) is 6.43 Å². The number of amides is 1. The predicted octanol–water partition coefficient (Wildman–Crippen LogP) is 0.551. The molecule has 0 aliphatic heterocycles. The van der Waals surface area contributed by atoms with Gasteiger partial charge in [-0.15, -0.1) is 0 Å². The van der Waals surface area contributed by atoms with Crippen LogP contribution in [0.2, 0.25) is 0 Å². The molecule has 0 bridgehead atoms. The average molecular weight is 206 g/mol. The standard InChI is InChI=1S/C7H5F3N2O2/c8-5(9)4-3(13)1-2(7(11)14)12-6(4)10/h1,5H,(H2,11,14)(H,12,13). The van der Waals surface area contributed by atoms with Crippen molar-refractivity contribution in [2.24, 2.45) is 5.73 Å². The lowest BCUT2D eigenvalue weighted by Gasteiger charge is -2.02. The zero-order valence-corrected chi connectivity index (χ0v) is 6.68. The zero-order chi connectivity index (χ0) is 10.9. The number of pyridine rings is 1. The molecule has 3 N–H and O–H groups in total. The third kappa shape index (κ3) is 1.76. The normalized spacial score (nSPS) is 10.6. The van der Waals surface area contributed by atoms with Crippen molar-refractivity contribution in [2.75, 3.05) is 0 Å². The van der Waals surface area contributed by atoms with Crippen molar-refractivity contribution >= 4 is 5.91 Å². The number of primary amides is 1. The van der Waals surface area contributed by atoms with Crippen LogP contribution >= 0.6 is 0 Å². The summed E-state index contributed by atoms with van der Waals surface area (Å²) in [6.45, 7) is 0. The van der Waals surface area contributed by atoms with E-state index in [1.54, 1.807) is 4.98 Å². The van der Waals surface area contributed by atoms with Crippen molar-refractivity contribution in [1.29, 1.82) is 0 Å². The summed E-state index contributed by atoms with van der Waals surface area (Å²) in [6.07, 6.45) is -3.24. The SMILES string of the molecule is NC(=O)c1cc(=O)c(C(F)F)c(F)[nH]1. The Kier molecular flexibility index (Phi) is 2.59. The summed E-state index contributed by atoms with van der Waals surface area (Å²) < 4.78 is 36.9. The number of rotatable bonds is 2. The number of nitrogens with two attached hydrogens (primary N) is 1. The molecule has 1 rings (SSSR count). The van der Waals surface area contributed by atoms with E-state index in [-0.39, 0.29) is 0 Å². The van der Waals surface area contributed by atoms with Gasteiger partial charge in [-0.2, -0.15) is 4.39 Å².